The average molecular weight is 474 g/mol. The normalized spacial score (nSPS) is 14.7. The molecule has 0 aromatic rings. The summed E-state index contributed by atoms with van der Waals surface area (Å²) in [5, 5.41) is 28.9. The van der Waals surface area contributed by atoms with Gasteiger partial charge in [0.25, 0.3) is 0 Å². The Balaban J connectivity index is 0. The highest BCUT2D eigenvalue weighted by molar-refractivity contribution is 5.69. The molecule has 0 aliphatic heterocycles. The van der Waals surface area contributed by atoms with E-state index >= 15 is 0 Å². The van der Waals surface area contributed by atoms with Crippen molar-refractivity contribution in [3.63, 3.8) is 0 Å². The van der Waals surface area contributed by atoms with Crippen molar-refractivity contribution in [1.29, 1.82) is 0 Å². The zero-order chi connectivity index (χ0) is 25.9. The van der Waals surface area contributed by atoms with Crippen molar-refractivity contribution in [3.8, 4) is 0 Å². The van der Waals surface area contributed by atoms with E-state index in [2.05, 4.69) is 6.92 Å². The lowest BCUT2D eigenvalue weighted by Crippen LogP contribution is -2.60. The van der Waals surface area contributed by atoms with Crippen LogP contribution < -0.4 is 0 Å². The van der Waals surface area contributed by atoms with Crippen LogP contribution in [0.25, 0.3) is 0 Å². The Morgan fingerprint density at radius 2 is 1.12 bits per heavy atom. The van der Waals surface area contributed by atoms with Gasteiger partial charge in [0.05, 0.1) is 5.92 Å². The molecular formula is C28H59NO4. The van der Waals surface area contributed by atoms with Gasteiger partial charge < -0.3 is 15.3 Å². The summed E-state index contributed by atoms with van der Waals surface area (Å²) in [6, 6.07) is 0. The number of hydrogen-bond donors (Lipinski definition) is 3. The zero-order valence-corrected chi connectivity index (χ0v) is 23.5. The monoisotopic (exact) mass is 473 g/mol. The number of carboxylic acid groups (broad SMARTS) is 1. The molecule has 0 saturated carbocycles. The highest BCUT2D eigenvalue weighted by Gasteiger charge is 2.44. The number of hydrogen-bond acceptors (Lipinski definition) is 4. The lowest BCUT2D eigenvalue weighted by Gasteiger charge is -2.44. The lowest BCUT2D eigenvalue weighted by molar-refractivity contribution is -0.213. The lowest BCUT2D eigenvalue weighted by atomic mass is 9.86. The Kier molecular flexibility index (Phi) is 20.5. The van der Waals surface area contributed by atoms with Crippen LogP contribution in [-0.4, -0.2) is 51.6 Å². The van der Waals surface area contributed by atoms with E-state index in [0.29, 0.717) is 12.3 Å². The number of aliphatic hydroxyl groups is 2. The summed E-state index contributed by atoms with van der Waals surface area (Å²) in [5.74, 6) is -0.467. The van der Waals surface area contributed by atoms with E-state index in [1.165, 1.54) is 77.0 Å². The van der Waals surface area contributed by atoms with Gasteiger partial charge in [-0.15, -0.1) is 0 Å². The molecule has 0 fully saturated rings. The second-order valence-corrected chi connectivity index (χ2v) is 11.1. The van der Waals surface area contributed by atoms with Gasteiger partial charge in [0.2, 0.25) is 0 Å². The van der Waals surface area contributed by atoms with E-state index in [9.17, 15) is 15.0 Å². The predicted octanol–water partition coefficient (Wildman–Crippen LogP) is 7.24. The van der Waals surface area contributed by atoms with Crippen LogP contribution in [0.5, 0.6) is 0 Å². The minimum atomic E-state index is -1.15. The Morgan fingerprint density at radius 1 is 0.758 bits per heavy atom. The molecule has 0 aliphatic rings. The summed E-state index contributed by atoms with van der Waals surface area (Å²) >= 11 is 0. The van der Waals surface area contributed by atoms with Gasteiger partial charge in [0, 0.05) is 0 Å². The standard InChI is InChI=1S/C18H36O2.C10H23NO2/c1-3-4-5-6-7-8-9-10-11-12-13-14-15-16-17(2)18(19)20;1-8(2)7-10(13,11(5)6)9(3,4)12/h17H,3-16H2,1-2H3,(H,19,20);8,12-13H,7H2,1-6H3. The highest BCUT2D eigenvalue weighted by atomic mass is 16.4. The zero-order valence-electron chi connectivity index (χ0n) is 23.5. The number of aliphatic carboxylic acids is 1. The minimum absolute atomic E-state index is 0.164. The third kappa shape index (κ3) is 18.4. The molecule has 0 rings (SSSR count). The molecule has 0 bridgehead atoms. The van der Waals surface area contributed by atoms with Crippen molar-refractivity contribution in [3.05, 3.63) is 0 Å². The third-order valence-corrected chi connectivity index (χ3v) is 6.57. The maximum absolute atomic E-state index is 10.6. The first-order valence-electron chi connectivity index (χ1n) is 13.6. The molecule has 0 spiro atoms. The number of carbonyl (C=O) groups is 1. The Morgan fingerprint density at radius 3 is 1.36 bits per heavy atom. The highest BCUT2D eigenvalue weighted by Crippen LogP contribution is 2.30. The van der Waals surface area contributed by atoms with Crippen LogP contribution in [0.1, 0.15) is 138 Å². The van der Waals surface area contributed by atoms with Crippen LogP contribution in [0.2, 0.25) is 0 Å². The molecular weight excluding hydrogens is 414 g/mol. The van der Waals surface area contributed by atoms with Crippen molar-refractivity contribution in [2.45, 2.75) is 149 Å². The molecule has 0 heterocycles. The van der Waals surface area contributed by atoms with E-state index < -0.39 is 17.3 Å². The smallest absolute Gasteiger partial charge is 0.306 e. The molecule has 0 aliphatic carbocycles. The van der Waals surface area contributed by atoms with Crippen molar-refractivity contribution in [1.82, 2.24) is 4.90 Å². The summed E-state index contributed by atoms with van der Waals surface area (Å²) in [6.07, 6.45) is 18.9. The molecule has 0 radical (unpaired) electrons. The fourth-order valence-electron chi connectivity index (χ4n) is 4.14. The van der Waals surface area contributed by atoms with E-state index in [1.807, 2.05) is 20.8 Å². The van der Waals surface area contributed by atoms with Crippen LogP contribution >= 0.6 is 0 Å². The Labute approximate surface area is 206 Å². The van der Waals surface area contributed by atoms with E-state index in [-0.39, 0.29) is 5.92 Å². The maximum atomic E-state index is 10.6. The fourth-order valence-corrected chi connectivity index (χ4v) is 4.14. The van der Waals surface area contributed by atoms with Crippen LogP contribution in [0, 0.1) is 11.8 Å². The summed E-state index contributed by atoms with van der Waals surface area (Å²) in [4.78, 5) is 12.3. The number of rotatable bonds is 19. The minimum Gasteiger partial charge on any atom is -0.481 e. The second kappa shape index (κ2) is 19.6. The van der Waals surface area contributed by atoms with Gasteiger partial charge in [0.15, 0.2) is 0 Å². The SMILES string of the molecule is CC(C)CC(O)(N(C)C)C(C)(C)O.CCCCCCCCCCCCCCCC(C)C(=O)O. The molecule has 2 unspecified atom stereocenters. The van der Waals surface area contributed by atoms with Gasteiger partial charge in [-0.3, -0.25) is 9.69 Å². The second-order valence-electron chi connectivity index (χ2n) is 11.1. The molecule has 33 heavy (non-hydrogen) atoms. The predicted molar refractivity (Wildman–Crippen MR) is 142 cm³/mol. The molecule has 2 atom stereocenters. The molecule has 200 valence electrons. The van der Waals surface area contributed by atoms with E-state index in [1.54, 1.807) is 32.8 Å². The van der Waals surface area contributed by atoms with Crippen LogP contribution in [0.4, 0.5) is 0 Å². The first-order chi connectivity index (χ1) is 15.3. The molecule has 0 saturated heterocycles. The first kappa shape index (κ1) is 34.5. The molecule has 5 nitrogen and oxygen atoms in total. The summed E-state index contributed by atoms with van der Waals surface area (Å²) in [6.45, 7) is 11.4. The van der Waals surface area contributed by atoms with Gasteiger partial charge >= 0.3 is 5.97 Å². The van der Waals surface area contributed by atoms with Crippen molar-refractivity contribution < 1.29 is 20.1 Å². The van der Waals surface area contributed by atoms with Gasteiger partial charge in [-0.05, 0) is 46.7 Å². The summed E-state index contributed by atoms with van der Waals surface area (Å²) < 4.78 is 0. The van der Waals surface area contributed by atoms with Crippen LogP contribution in [-0.2, 0) is 4.79 Å². The van der Waals surface area contributed by atoms with Gasteiger partial charge in [0.1, 0.15) is 11.3 Å². The van der Waals surface area contributed by atoms with Gasteiger partial charge in [-0.2, -0.15) is 0 Å². The van der Waals surface area contributed by atoms with Crippen molar-refractivity contribution in [2.75, 3.05) is 14.1 Å². The fraction of sp³-hybridized carbons (Fsp3) is 0.964. The summed E-state index contributed by atoms with van der Waals surface area (Å²) in [7, 11) is 3.56. The van der Waals surface area contributed by atoms with Gasteiger partial charge in [-0.25, -0.2) is 0 Å². The molecule has 5 heteroatoms. The summed E-state index contributed by atoms with van der Waals surface area (Å²) in [5.41, 5.74) is -2.26. The van der Waals surface area contributed by atoms with E-state index in [4.69, 9.17) is 5.11 Å². The molecule has 0 aromatic carbocycles. The quantitative estimate of drug-likeness (QED) is 0.136. The van der Waals surface area contributed by atoms with Crippen molar-refractivity contribution >= 4 is 5.97 Å². The third-order valence-electron chi connectivity index (χ3n) is 6.57. The Bertz CT molecular complexity index is 459. The molecule has 0 amide bonds. The van der Waals surface area contributed by atoms with Crippen LogP contribution in [0.15, 0.2) is 0 Å². The first-order valence-corrected chi connectivity index (χ1v) is 13.6. The van der Waals surface area contributed by atoms with Crippen molar-refractivity contribution in [2.24, 2.45) is 11.8 Å². The number of likely N-dealkylation sites (N-methyl/N-ethyl adjacent to an activating group) is 1. The topological polar surface area (TPSA) is 81.0 Å². The maximum Gasteiger partial charge on any atom is 0.306 e. The average Bonchev–Trinajstić information content (AvgIpc) is 2.70. The molecule has 3 N–H and O–H groups in total. The Hall–Kier alpha value is -0.650. The number of nitrogens with zero attached hydrogens (tertiary/aromatic N) is 1. The van der Waals surface area contributed by atoms with E-state index in [0.717, 1.165) is 12.8 Å². The van der Waals surface area contributed by atoms with Gasteiger partial charge in [-0.1, -0.05) is 111 Å². The number of carboxylic acids is 1. The largest absolute Gasteiger partial charge is 0.481 e. The van der Waals surface area contributed by atoms with Crippen LogP contribution in [0.3, 0.4) is 0 Å². The number of unbranched alkanes of at least 4 members (excludes halogenated alkanes) is 12. The molecule has 0 aromatic heterocycles.